The van der Waals surface area contributed by atoms with E-state index in [4.69, 9.17) is 0 Å². The van der Waals surface area contributed by atoms with Gasteiger partial charge in [0, 0.05) is 12.8 Å². The summed E-state index contributed by atoms with van der Waals surface area (Å²) in [6.07, 6.45) is 0.431. The number of carbonyl (C=O) groups excluding carboxylic acids is 1. The molecule has 0 spiro atoms. The first-order valence-corrected chi connectivity index (χ1v) is 7.86. The van der Waals surface area contributed by atoms with Gasteiger partial charge in [-0.3, -0.25) is 4.79 Å². The molecular weight excluding hydrogens is 302 g/mol. The zero-order chi connectivity index (χ0) is 14.5. The Morgan fingerprint density at radius 2 is 2.40 bits per heavy atom. The van der Waals surface area contributed by atoms with Crippen LogP contribution >= 0.6 is 23.5 Å². The Morgan fingerprint density at radius 3 is 2.95 bits per heavy atom. The quantitative estimate of drug-likeness (QED) is 0.603. The van der Waals surface area contributed by atoms with Crippen LogP contribution in [0.3, 0.4) is 0 Å². The smallest absolute Gasteiger partial charge is 0.327 e. The van der Waals surface area contributed by atoms with Crippen LogP contribution in [0, 0.1) is 0 Å². The van der Waals surface area contributed by atoms with E-state index in [2.05, 4.69) is 15.5 Å². The minimum absolute atomic E-state index is 0.00757. The number of carbonyl (C=O) groups is 2. The Hall–Kier alpha value is -1.29. The number of aryl methyl sites for hydroxylation is 1. The molecule has 1 amide bonds. The molecule has 108 valence electrons. The molecule has 1 aromatic rings. The van der Waals surface area contributed by atoms with Gasteiger partial charge in [0.25, 0.3) is 0 Å². The number of aromatic nitrogens is 4. The molecule has 20 heavy (non-hydrogen) atoms. The maximum atomic E-state index is 11.6. The number of rotatable bonds is 4. The molecule has 3 atom stereocenters. The van der Waals surface area contributed by atoms with Gasteiger partial charge >= 0.3 is 5.97 Å². The van der Waals surface area contributed by atoms with E-state index in [1.165, 1.54) is 16.7 Å². The van der Waals surface area contributed by atoms with Gasteiger partial charge in [0.2, 0.25) is 11.1 Å². The lowest BCUT2D eigenvalue weighted by Gasteiger charge is -2.36. The first-order chi connectivity index (χ1) is 9.42. The van der Waals surface area contributed by atoms with Gasteiger partial charge in [-0.1, -0.05) is 11.8 Å². The normalized spacial score (nSPS) is 32.1. The highest BCUT2D eigenvalue weighted by Crippen LogP contribution is 2.52. The van der Waals surface area contributed by atoms with Crippen LogP contribution in [-0.2, 0) is 16.6 Å². The van der Waals surface area contributed by atoms with Gasteiger partial charge < -0.3 is 10.0 Å². The van der Waals surface area contributed by atoms with E-state index in [-0.39, 0.29) is 11.3 Å². The van der Waals surface area contributed by atoms with Crippen molar-refractivity contribution >= 4 is 35.4 Å². The fraction of sp³-hybridized carbons (Fsp3) is 0.700. The first kappa shape index (κ1) is 13.7. The third-order valence-corrected chi connectivity index (χ3v) is 6.62. The summed E-state index contributed by atoms with van der Waals surface area (Å²) in [5, 5.41) is 21.2. The molecule has 1 N–H and O–H groups in total. The molecular formula is C10H13N5O3S2. The summed E-state index contributed by atoms with van der Waals surface area (Å²) in [6, 6.07) is -0.785. The number of carboxylic acids is 1. The number of aliphatic carboxylic acids is 1. The van der Waals surface area contributed by atoms with E-state index < -0.39 is 16.8 Å². The lowest BCUT2D eigenvalue weighted by atomic mass is 9.98. The fourth-order valence-corrected chi connectivity index (χ4v) is 5.41. The molecule has 2 saturated heterocycles. The lowest BCUT2D eigenvalue weighted by Crippen LogP contribution is -2.57. The lowest BCUT2D eigenvalue weighted by molar-refractivity contribution is -0.157. The van der Waals surface area contributed by atoms with E-state index in [0.29, 0.717) is 17.3 Å². The average Bonchev–Trinajstić information content (AvgIpc) is 2.87. The topological polar surface area (TPSA) is 101 Å². The van der Waals surface area contributed by atoms with Crippen molar-refractivity contribution in [3.05, 3.63) is 0 Å². The Kier molecular flexibility index (Phi) is 3.16. The molecule has 3 heterocycles. The molecule has 2 aliphatic rings. The van der Waals surface area contributed by atoms with Gasteiger partial charge in [-0.05, 0) is 17.4 Å². The van der Waals surface area contributed by atoms with Crippen LogP contribution in [0.1, 0.15) is 13.3 Å². The Balaban J connectivity index is 1.78. The Labute approximate surface area is 123 Å². The summed E-state index contributed by atoms with van der Waals surface area (Å²) in [7, 11) is 1.73. The summed E-state index contributed by atoms with van der Waals surface area (Å²) < 4.78 is 1.00. The van der Waals surface area contributed by atoms with Gasteiger partial charge in [0.1, 0.15) is 6.04 Å². The highest BCUT2D eigenvalue weighted by atomic mass is 32.2. The molecule has 0 aromatic carbocycles. The van der Waals surface area contributed by atoms with E-state index in [1.54, 1.807) is 23.5 Å². The van der Waals surface area contributed by atoms with E-state index in [9.17, 15) is 14.7 Å². The van der Waals surface area contributed by atoms with Crippen LogP contribution in [-0.4, -0.2) is 64.0 Å². The molecule has 3 rings (SSSR count). The minimum Gasteiger partial charge on any atom is -0.480 e. The van der Waals surface area contributed by atoms with Gasteiger partial charge in [0.15, 0.2) is 0 Å². The van der Waals surface area contributed by atoms with Crippen molar-refractivity contribution in [3.63, 3.8) is 0 Å². The van der Waals surface area contributed by atoms with Crippen molar-refractivity contribution in [2.75, 3.05) is 5.75 Å². The van der Waals surface area contributed by atoms with Gasteiger partial charge in [0.05, 0.1) is 16.5 Å². The summed E-state index contributed by atoms with van der Waals surface area (Å²) >= 11 is 2.96. The third kappa shape index (κ3) is 1.97. The molecule has 0 aliphatic carbocycles. The summed E-state index contributed by atoms with van der Waals surface area (Å²) in [5.74, 6) is -0.500. The van der Waals surface area contributed by atoms with Crippen LogP contribution in [0.4, 0.5) is 0 Å². The highest BCUT2D eigenvalue weighted by Gasteiger charge is 2.60. The van der Waals surface area contributed by atoms with Crippen molar-refractivity contribution in [1.82, 2.24) is 25.1 Å². The Bertz CT molecular complexity index is 579. The monoisotopic (exact) mass is 315 g/mol. The predicted molar refractivity (Wildman–Crippen MR) is 72.2 cm³/mol. The molecule has 0 saturated carbocycles. The van der Waals surface area contributed by atoms with Crippen molar-refractivity contribution in [2.24, 2.45) is 7.05 Å². The van der Waals surface area contributed by atoms with Crippen molar-refractivity contribution < 1.29 is 14.7 Å². The molecule has 0 radical (unpaired) electrons. The standard InChI is InChI=1S/C10H13N5O3S2/c1-10(4-19-9-11-12-13-14(9)2)7(8(17)18)15-5(16)3-6(15)20-10/h6-7H,3-4H2,1-2H3,(H,17,18)/t6-,7-,10-/m0/s1. The van der Waals surface area contributed by atoms with Gasteiger partial charge in [-0.15, -0.1) is 16.9 Å². The number of hydrogen-bond donors (Lipinski definition) is 1. The van der Waals surface area contributed by atoms with Crippen molar-refractivity contribution in [2.45, 2.75) is 34.7 Å². The van der Waals surface area contributed by atoms with E-state index >= 15 is 0 Å². The zero-order valence-corrected chi connectivity index (χ0v) is 12.5. The minimum atomic E-state index is -0.952. The maximum absolute atomic E-state index is 11.6. The molecule has 2 fully saturated rings. The average molecular weight is 315 g/mol. The highest BCUT2D eigenvalue weighted by molar-refractivity contribution is 8.04. The number of tetrazole rings is 1. The van der Waals surface area contributed by atoms with Crippen LogP contribution in [0.15, 0.2) is 5.16 Å². The number of thioether (sulfide) groups is 2. The largest absolute Gasteiger partial charge is 0.480 e. The molecule has 8 nitrogen and oxygen atoms in total. The molecule has 0 unspecified atom stereocenters. The zero-order valence-electron chi connectivity index (χ0n) is 10.9. The van der Waals surface area contributed by atoms with Crippen LogP contribution in [0.5, 0.6) is 0 Å². The number of nitrogens with zero attached hydrogens (tertiary/aromatic N) is 5. The second-order valence-electron chi connectivity index (χ2n) is 5.00. The SMILES string of the molecule is Cn1nnnc1SC[C@]1(C)S[C@H]2CC(=O)N2[C@H]1C(=O)O. The first-order valence-electron chi connectivity index (χ1n) is 5.99. The number of amides is 1. The second-order valence-corrected chi connectivity index (χ2v) is 7.66. The second kappa shape index (κ2) is 4.62. The van der Waals surface area contributed by atoms with E-state index in [1.807, 2.05) is 6.92 Å². The summed E-state index contributed by atoms with van der Waals surface area (Å²) in [6.45, 7) is 1.89. The molecule has 10 heteroatoms. The van der Waals surface area contributed by atoms with E-state index in [0.717, 1.165) is 0 Å². The number of fused-ring (bicyclic) bond motifs is 1. The Morgan fingerprint density at radius 1 is 1.65 bits per heavy atom. The van der Waals surface area contributed by atoms with Crippen molar-refractivity contribution in [3.8, 4) is 0 Å². The summed E-state index contributed by atoms with van der Waals surface area (Å²) in [5.41, 5.74) is 0. The predicted octanol–water partition coefficient (Wildman–Crippen LogP) is -0.181. The van der Waals surface area contributed by atoms with Gasteiger partial charge in [-0.2, -0.15) is 0 Å². The molecule has 2 aliphatic heterocycles. The third-order valence-electron chi connectivity index (χ3n) is 3.51. The fourth-order valence-electron chi connectivity index (χ4n) is 2.52. The van der Waals surface area contributed by atoms with Crippen LogP contribution in [0.25, 0.3) is 0 Å². The molecule has 1 aromatic heterocycles. The number of β-lactam (4-membered cyclic amide) rings is 1. The van der Waals surface area contributed by atoms with Crippen molar-refractivity contribution in [1.29, 1.82) is 0 Å². The van der Waals surface area contributed by atoms with Crippen LogP contribution < -0.4 is 0 Å². The molecule has 0 bridgehead atoms. The van der Waals surface area contributed by atoms with Crippen LogP contribution in [0.2, 0.25) is 0 Å². The maximum Gasteiger partial charge on any atom is 0.327 e. The number of carboxylic acid groups (broad SMARTS) is 1. The van der Waals surface area contributed by atoms with Gasteiger partial charge in [-0.25, -0.2) is 9.48 Å². The summed E-state index contributed by atoms with van der Waals surface area (Å²) in [4.78, 5) is 24.6. The number of hydrogen-bond acceptors (Lipinski definition) is 7.